The Kier molecular flexibility index (Phi) is 2.17. The summed E-state index contributed by atoms with van der Waals surface area (Å²) in [5.41, 5.74) is 8.53. The number of aromatic nitrogens is 1. The van der Waals surface area contributed by atoms with E-state index in [2.05, 4.69) is 10.3 Å². The highest BCUT2D eigenvalue weighted by Crippen LogP contribution is 2.30. The van der Waals surface area contributed by atoms with E-state index in [0.717, 1.165) is 22.2 Å². The van der Waals surface area contributed by atoms with Gasteiger partial charge in [-0.2, -0.15) is 0 Å². The van der Waals surface area contributed by atoms with E-state index in [1.165, 1.54) is 0 Å². The maximum absolute atomic E-state index is 11.2. The van der Waals surface area contributed by atoms with Gasteiger partial charge in [-0.3, -0.25) is 10.1 Å². The predicted molar refractivity (Wildman–Crippen MR) is 63.5 cm³/mol. The Morgan fingerprint density at radius 3 is 2.94 bits per heavy atom. The van der Waals surface area contributed by atoms with Crippen molar-refractivity contribution >= 4 is 16.9 Å². The van der Waals surface area contributed by atoms with Gasteiger partial charge in [0, 0.05) is 23.0 Å². The number of carboxylic acid groups (broad SMARTS) is 1. The number of carbonyl (C=O) groups is 1. The molecule has 2 aromatic rings. The summed E-state index contributed by atoms with van der Waals surface area (Å²) < 4.78 is 0. The van der Waals surface area contributed by atoms with Gasteiger partial charge in [-0.05, 0) is 11.6 Å². The van der Waals surface area contributed by atoms with Crippen LogP contribution in [-0.4, -0.2) is 22.2 Å². The van der Waals surface area contributed by atoms with Crippen LogP contribution in [-0.2, 0) is 11.2 Å². The monoisotopic (exact) mass is 231 g/mol. The average molecular weight is 231 g/mol. The molecule has 0 fully saturated rings. The lowest BCUT2D eigenvalue weighted by atomic mass is 9.97. The van der Waals surface area contributed by atoms with Crippen molar-refractivity contribution in [2.45, 2.75) is 18.6 Å². The van der Waals surface area contributed by atoms with Crippen molar-refractivity contribution in [2.75, 3.05) is 0 Å². The lowest BCUT2D eigenvalue weighted by molar-refractivity contribution is -0.140. The van der Waals surface area contributed by atoms with Crippen LogP contribution in [0, 0.1) is 0 Å². The second-order valence-electron chi connectivity index (χ2n) is 4.31. The Labute approximate surface area is 97.6 Å². The van der Waals surface area contributed by atoms with E-state index in [1.807, 2.05) is 24.3 Å². The van der Waals surface area contributed by atoms with Gasteiger partial charge in [-0.15, -0.1) is 0 Å². The summed E-state index contributed by atoms with van der Waals surface area (Å²) in [6, 6.07) is 7.05. The maximum atomic E-state index is 11.2. The summed E-state index contributed by atoms with van der Waals surface area (Å²) in [6.07, 6.45) is 0.325. The largest absolute Gasteiger partial charge is 0.480 e. The Morgan fingerprint density at radius 1 is 1.41 bits per heavy atom. The molecule has 2 heterocycles. The molecular formula is C12H13N3O2. The standard InChI is InChI=1S/C12H13N3O2/c13-9-5-7-6-3-1-2-4-8(6)14-10(7)11(15-9)12(16)17/h1-4,9,11,14-15H,5,13H2,(H,16,17). The van der Waals surface area contributed by atoms with Crippen LogP contribution >= 0.6 is 0 Å². The molecule has 2 atom stereocenters. The van der Waals surface area contributed by atoms with Crippen LogP contribution in [0.4, 0.5) is 0 Å². The number of nitrogens with one attached hydrogen (secondary N) is 2. The SMILES string of the molecule is NC1Cc2c([nH]c3ccccc23)C(C(=O)O)N1. The van der Waals surface area contributed by atoms with E-state index in [1.54, 1.807) is 0 Å². The summed E-state index contributed by atoms with van der Waals surface area (Å²) in [5.74, 6) is -0.909. The van der Waals surface area contributed by atoms with E-state index < -0.39 is 12.0 Å². The minimum atomic E-state index is -0.909. The summed E-state index contributed by atoms with van der Waals surface area (Å²) in [6.45, 7) is 0. The molecule has 3 rings (SSSR count). The highest BCUT2D eigenvalue weighted by molar-refractivity contribution is 5.88. The highest BCUT2D eigenvalue weighted by Gasteiger charge is 2.32. The molecule has 0 saturated carbocycles. The molecule has 0 saturated heterocycles. The first kappa shape index (κ1) is 10.3. The lowest BCUT2D eigenvalue weighted by Crippen LogP contribution is -2.47. The molecule has 5 N–H and O–H groups in total. The molecule has 88 valence electrons. The molecular weight excluding hydrogens is 218 g/mol. The number of carboxylic acids is 1. The second-order valence-corrected chi connectivity index (χ2v) is 4.31. The van der Waals surface area contributed by atoms with Crippen molar-refractivity contribution in [3.8, 4) is 0 Å². The quantitative estimate of drug-likeness (QED) is 0.582. The highest BCUT2D eigenvalue weighted by atomic mass is 16.4. The first-order valence-corrected chi connectivity index (χ1v) is 5.50. The lowest BCUT2D eigenvalue weighted by Gasteiger charge is -2.26. The predicted octanol–water partition coefficient (Wildman–Crippen LogP) is 0.724. The van der Waals surface area contributed by atoms with Crippen LogP contribution in [0.1, 0.15) is 17.3 Å². The van der Waals surface area contributed by atoms with Gasteiger partial charge in [0.1, 0.15) is 6.04 Å². The number of aromatic amines is 1. The molecule has 1 aromatic carbocycles. The molecule has 2 unspecified atom stereocenters. The van der Waals surface area contributed by atoms with E-state index in [-0.39, 0.29) is 6.17 Å². The van der Waals surface area contributed by atoms with Gasteiger partial charge < -0.3 is 15.8 Å². The number of H-pyrrole nitrogens is 1. The fourth-order valence-corrected chi connectivity index (χ4v) is 2.46. The molecule has 0 bridgehead atoms. The second kappa shape index (κ2) is 3.58. The molecule has 1 aliphatic heterocycles. The van der Waals surface area contributed by atoms with Crippen molar-refractivity contribution < 1.29 is 9.90 Å². The molecule has 17 heavy (non-hydrogen) atoms. The topological polar surface area (TPSA) is 91.1 Å². The van der Waals surface area contributed by atoms with Gasteiger partial charge >= 0.3 is 5.97 Å². The molecule has 0 aliphatic carbocycles. The smallest absolute Gasteiger partial charge is 0.326 e. The fraction of sp³-hybridized carbons (Fsp3) is 0.250. The van der Waals surface area contributed by atoms with Gasteiger partial charge in [-0.25, -0.2) is 0 Å². The van der Waals surface area contributed by atoms with Crippen LogP contribution in [0.5, 0.6) is 0 Å². The van der Waals surface area contributed by atoms with E-state index >= 15 is 0 Å². The van der Waals surface area contributed by atoms with Crippen LogP contribution in [0.2, 0.25) is 0 Å². The van der Waals surface area contributed by atoms with Crippen molar-refractivity contribution in [3.63, 3.8) is 0 Å². The molecule has 0 spiro atoms. The number of hydrogen-bond donors (Lipinski definition) is 4. The first-order valence-electron chi connectivity index (χ1n) is 5.50. The molecule has 1 aliphatic rings. The van der Waals surface area contributed by atoms with Gasteiger partial charge in [-0.1, -0.05) is 18.2 Å². The Morgan fingerprint density at radius 2 is 2.18 bits per heavy atom. The zero-order valence-electron chi connectivity index (χ0n) is 9.10. The first-order chi connectivity index (χ1) is 8.16. The minimum Gasteiger partial charge on any atom is -0.480 e. The number of fused-ring (bicyclic) bond motifs is 3. The summed E-state index contributed by atoms with van der Waals surface area (Å²) in [4.78, 5) is 14.4. The maximum Gasteiger partial charge on any atom is 0.326 e. The zero-order chi connectivity index (χ0) is 12.0. The number of aliphatic carboxylic acids is 1. The number of nitrogens with two attached hydrogens (primary N) is 1. The zero-order valence-corrected chi connectivity index (χ0v) is 9.10. The van der Waals surface area contributed by atoms with E-state index in [9.17, 15) is 9.90 Å². The molecule has 0 radical (unpaired) electrons. The number of benzene rings is 1. The molecule has 5 nitrogen and oxygen atoms in total. The fourth-order valence-electron chi connectivity index (χ4n) is 2.46. The van der Waals surface area contributed by atoms with Crippen LogP contribution in [0.25, 0.3) is 10.9 Å². The third-order valence-electron chi connectivity index (χ3n) is 3.19. The van der Waals surface area contributed by atoms with Crippen molar-refractivity contribution in [1.82, 2.24) is 10.3 Å². The van der Waals surface area contributed by atoms with Crippen LogP contribution in [0.3, 0.4) is 0 Å². The summed E-state index contributed by atoms with van der Waals surface area (Å²) in [7, 11) is 0. The Hall–Kier alpha value is -1.85. The van der Waals surface area contributed by atoms with Gasteiger partial charge in [0.15, 0.2) is 0 Å². The van der Waals surface area contributed by atoms with Crippen molar-refractivity contribution in [2.24, 2.45) is 5.73 Å². The third-order valence-corrected chi connectivity index (χ3v) is 3.19. The third kappa shape index (κ3) is 1.51. The van der Waals surface area contributed by atoms with Gasteiger partial charge in [0.2, 0.25) is 0 Å². The van der Waals surface area contributed by atoms with Gasteiger partial charge in [0.25, 0.3) is 0 Å². The van der Waals surface area contributed by atoms with E-state index in [4.69, 9.17) is 5.73 Å². The number of hydrogen-bond acceptors (Lipinski definition) is 3. The van der Waals surface area contributed by atoms with Gasteiger partial charge in [0.05, 0.1) is 6.17 Å². The number of rotatable bonds is 1. The van der Waals surface area contributed by atoms with Crippen LogP contribution < -0.4 is 11.1 Å². The van der Waals surface area contributed by atoms with Crippen molar-refractivity contribution in [1.29, 1.82) is 0 Å². The van der Waals surface area contributed by atoms with Crippen LogP contribution in [0.15, 0.2) is 24.3 Å². The molecule has 0 amide bonds. The average Bonchev–Trinajstić information content (AvgIpc) is 2.66. The Balaban J connectivity index is 2.24. The van der Waals surface area contributed by atoms with Crippen molar-refractivity contribution in [3.05, 3.63) is 35.5 Å². The summed E-state index contributed by atoms with van der Waals surface area (Å²) >= 11 is 0. The molecule has 5 heteroatoms. The summed E-state index contributed by atoms with van der Waals surface area (Å²) in [5, 5.41) is 13.1. The normalized spacial score (nSPS) is 23.6. The minimum absolute atomic E-state index is 0.317. The van der Waals surface area contributed by atoms with E-state index in [0.29, 0.717) is 6.42 Å². The number of para-hydroxylation sites is 1. The molecule has 1 aromatic heterocycles. The Bertz CT molecular complexity index is 590.